The van der Waals surface area contributed by atoms with Crippen molar-refractivity contribution in [3.05, 3.63) is 66.0 Å². The molecule has 0 bridgehead atoms. The van der Waals surface area contributed by atoms with Gasteiger partial charge in [-0.15, -0.1) is 0 Å². The molecule has 0 amide bonds. The second kappa shape index (κ2) is 5.75. The number of rotatable bonds is 3. The summed E-state index contributed by atoms with van der Waals surface area (Å²) in [4.78, 5) is 17.2. The number of carbonyl (C=O) groups excluding carboxylic acids is 1. The minimum atomic E-state index is -0.583. The van der Waals surface area contributed by atoms with Crippen molar-refractivity contribution in [1.29, 1.82) is 0 Å². The molecule has 21 heavy (non-hydrogen) atoms. The Morgan fingerprint density at radius 3 is 2.57 bits per heavy atom. The fourth-order valence-corrected chi connectivity index (χ4v) is 2.01. The second-order valence-electron chi connectivity index (χ2n) is 4.59. The van der Waals surface area contributed by atoms with Crippen molar-refractivity contribution in [1.82, 2.24) is 0 Å². The first kappa shape index (κ1) is 13.3. The number of benzene rings is 2. The number of hydrogen-bond donors (Lipinski definition) is 0. The van der Waals surface area contributed by atoms with E-state index in [2.05, 4.69) is 5.16 Å². The van der Waals surface area contributed by atoms with E-state index in [-0.39, 0.29) is 23.4 Å². The van der Waals surface area contributed by atoms with Gasteiger partial charge in [-0.05, 0) is 29.8 Å². The first-order chi connectivity index (χ1) is 10.2. The number of esters is 1. The van der Waals surface area contributed by atoms with Crippen LogP contribution in [0.2, 0.25) is 0 Å². The van der Waals surface area contributed by atoms with Gasteiger partial charge in [-0.2, -0.15) is 0 Å². The Hall–Kier alpha value is -2.69. The third-order valence-corrected chi connectivity index (χ3v) is 3.10. The highest BCUT2D eigenvalue weighted by Gasteiger charge is 2.28. The monoisotopic (exact) mass is 285 g/mol. The lowest BCUT2D eigenvalue weighted by molar-refractivity contribution is -0.127. The maximum atomic E-state index is 12.8. The van der Waals surface area contributed by atoms with Crippen molar-refractivity contribution in [2.45, 2.75) is 12.5 Å². The van der Waals surface area contributed by atoms with E-state index in [0.29, 0.717) is 6.42 Å². The molecule has 0 aliphatic carbocycles. The predicted octanol–water partition coefficient (Wildman–Crippen LogP) is 3.25. The fourth-order valence-electron chi connectivity index (χ4n) is 2.01. The van der Waals surface area contributed by atoms with Gasteiger partial charge in [-0.1, -0.05) is 35.5 Å². The Morgan fingerprint density at radius 2 is 1.86 bits per heavy atom. The highest BCUT2D eigenvalue weighted by molar-refractivity contribution is 6.37. The molecule has 4 nitrogen and oxygen atoms in total. The molecule has 0 radical (unpaired) electrons. The van der Waals surface area contributed by atoms with Gasteiger partial charge in [0.1, 0.15) is 11.6 Å². The Kier molecular flexibility index (Phi) is 3.64. The number of carbonyl (C=O) groups is 1. The summed E-state index contributed by atoms with van der Waals surface area (Å²) in [6.07, 6.45) is 0.0753. The van der Waals surface area contributed by atoms with E-state index in [0.717, 1.165) is 5.56 Å². The standard InChI is InChI=1S/C16H12FNO3/c17-12-6-8-13(9-7-12)20-16(19)14-10-15(21-18-14)11-4-2-1-3-5-11/h1-9,15H,10H2. The van der Waals surface area contributed by atoms with Crippen molar-refractivity contribution < 1.29 is 18.8 Å². The summed E-state index contributed by atoms with van der Waals surface area (Å²) in [6.45, 7) is 0. The normalized spacial score (nSPS) is 17.0. The number of nitrogens with zero attached hydrogens (tertiary/aromatic N) is 1. The van der Waals surface area contributed by atoms with Crippen LogP contribution in [-0.4, -0.2) is 11.7 Å². The highest BCUT2D eigenvalue weighted by Crippen LogP contribution is 2.27. The lowest BCUT2D eigenvalue weighted by atomic mass is 10.0. The molecule has 0 spiro atoms. The minimum Gasteiger partial charge on any atom is -0.422 e. The lowest BCUT2D eigenvalue weighted by Crippen LogP contribution is -2.19. The topological polar surface area (TPSA) is 47.9 Å². The Bertz CT molecular complexity index is 668. The number of oxime groups is 1. The van der Waals surface area contributed by atoms with E-state index in [1.165, 1.54) is 24.3 Å². The summed E-state index contributed by atoms with van der Waals surface area (Å²) >= 11 is 0. The molecule has 106 valence electrons. The van der Waals surface area contributed by atoms with Gasteiger partial charge in [-0.3, -0.25) is 0 Å². The van der Waals surface area contributed by atoms with Crippen LogP contribution in [-0.2, 0) is 9.63 Å². The van der Waals surface area contributed by atoms with Crippen molar-refractivity contribution in [2.75, 3.05) is 0 Å². The van der Waals surface area contributed by atoms with Crippen LogP contribution in [0.15, 0.2) is 59.8 Å². The van der Waals surface area contributed by atoms with Crippen LogP contribution in [0.3, 0.4) is 0 Å². The van der Waals surface area contributed by atoms with Crippen molar-refractivity contribution in [3.63, 3.8) is 0 Å². The molecule has 5 heteroatoms. The average molecular weight is 285 g/mol. The first-order valence-corrected chi connectivity index (χ1v) is 6.48. The molecule has 3 rings (SSSR count). The average Bonchev–Trinajstić information content (AvgIpc) is 3.00. The highest BCUT2D eigenvalue weighted by atomic mass is 19.1. The lowest BCUT2D eigenvalue weighted by Gasteiger charge is -2.07. The first-order valence-electron chi connectivity index (χ1n) is 6.48. The number of halogens is 1. The van der Waals surface area contributed by atoms with Crippen LogP contribution in [0, 0.1) is 5.82 Å². The second-order valence-corrected chi connectivity index (χ2v) is 4.59. The van der Waals surface area contributed by atoms with Crippen molar-refractivity contribution in [3.8, 4) is 5.75 Å². The summed E-state index contributed by atoms with van der Waals surface area (Å²) < 4.78 is 17.9. The molecule has 1 atom stereocenters. The summed E-state index contributed by atoms with van der Waals surface area (Å²) in [5.74, 6) is -0.701. The van der Waals surface area contributed by atoms with E-state index in [1.54, 1.807) is 0 Å². The minimum absolute atomic E-state index is 0.216. The van der Waals surface area contributed by atoms with Crippen LogP contribution in [0.4, 0.5) is 4.39 Å². The molecule has 1 aliphatic heterocycles. The van der Waals surface area contributed by atoms with Crippen LogP contribution >= 0.6 is 0 Å². The van der Waals surface area contributed by atoms with Gasteiger partial charge in [0, 0.05) is 6.42 Å². The van der Waals surface area contributed by atoms with Gasteiger partial charge in [0.15, 0.2) is 11.8 Å². The Morgan fingerprint density at radius 1 is 1.14 bits per heavy atom. The van der Waals surface area contributed by atoms with Crippen LogP contribution < -0.4 is 4.74 Å². The Labute approximate surface area is 120 Å². The zero-order valence-electron chi connectivity index (χ0n) is 11.0. The third kappa shape index (κ3) is 3.08. The molecular formula is C16H12FNO3. The van der Waals surface area contributed by atoms with Crippen LogP contribution in [0.5, 0.6) is 5.75 Å². The number of hydrogen-bond acceptors (Lipinski definition) is 4. The molecule has 0 aromatic heterocycles. The molecule has 1 unspecified atom stereocenters. The summed E-state index contributed by atoms with van der Waals surface area (Å²) in [7, 11) is 0. The van der Waals surface area contributed by atoms with Gasteiger partial charge in [0.25, 0.3) is 0 Å². The maximum absolute atomic E-state index is 12.8. The zero-order chi connectivity index (χ0) is 14.7. The molecule has 1 aliphatic rings. The molecule has 0 N–H and O–H groups in total. The molecule has 2 aromatic carbocycles. The molecule has 0 fully saturated rings. The van der Waals surface area contributed by atoms with Gasteiger partial charge in [-0.25, -0.2) is 9.18 Å². The van der Waals surface area contributed by atoms with E-state index >= 15 is 0 Å². The SMILES string of the molecule is O=C(Oc1ccc(F)cc1)C1=NOC(c2ccccc2)C1. The van der Waals surface area contributed by atoms with Gasteiger partial charge in [0.05, 0.1) is 0 Å². The quantitative estimate of drug-likeness (QED) is 0.642. The number of ether oxygens (including phenoxy) is 1. The predicted molar refractivity (Wildman–Crippen MR) is 74.4 cm³/mol. The van der Waals surface area contributed by atoms with Gasteiger partial charge >= 0.3 is 5.97 Å². The molecule has 1 heterocycles. The van der Waals surface area contributed by atoms with E-state index in [9.17, 15) is 9.18 Å². The third-order valence-electron chi connectivity index (χ3n) is 3.10. The van der Waals surface area contributed by atoms with Crippen molar-refractivity contribution in [2.24, 2.45) is 5.16 Å². The maximum Gasteiger partial charge on any atom is 0.361 e. The molecule has 0 saturated carbocycles. The van der Waals surface area contributed by atoms with Crippen molar-refractivity contribution >= 4 is 11.7 Å². The smallest absolute Gasteiger partial charge is 0.361 e. The fraction of sp³-hybridized carbons (Fsp3) is 0.125. The van der Waals surface area contributed by atoms with Gasteiger partial charge in [0.2, 0.25) is 0 Å². The van der Waals surface area contributed by atoms with Crippen LogP contribution in [0.25, 0.3) is 0 Å². The Balaban J connectivity index is 1.63. The van der Waals surface area contributed by atoms with E-state index in [4.69, 9.17) is 9.57 Å². The van der Waals surface area contributed by atoms with Gasteiger partial charge < -0.3 is 9.57 Å². The molecule has 2 aromatic rings. The van der Waals surface area contributed by atoms with E-state index < -0.39 is 5.97 Å². The summed E-state index contributed by atoms with van der Waals surface area (Å²) in [6, 6.07) is 14.7. The summed E-state index contributed by atoms with van der Waals surface area (Å²) in [5.41, 5.74) is 1.17. The van der Waals surface area contributed by atoms with E-state index in [1.807, 2.05) is 30.3 Å². The largest absolute Gasteiger partial charge is 0.422 e. The van der Waals surface area contributed by atoms with Crippen LogP contribution in [0.1, 0.15) is 18.1 Å². The zero-order valence-corrected chi connectivity index (χ0v) is 11.0. The molecule has 0 saturated heterocycles. The molecular weight excluding hydrogens is 273 g/mol. The summed E-state index contributed by atoms with van der Waals surface area (Å²) in [5, 5.41) is 3.78.